The average molecular weight is 459 g/mol. The molecule has 2 heterocycles. The van der Waals surface area contributed by atoms with E-state index in [0.717, 1.165) is 22.6 Å². The summed E-state index contributed by atoms with van der Waals surface area (Å²) in [5.41, 5.74) is 2.53. The molecule has 0 saturated heterocycles. The van der Waals surface area contributed by atoms with E-state index in [4.69, 9.17) is 37.2 Å². The van der Waals surface area contributed by atoms with Crippen molar-refractivity contribution in [2.45, 2.75) is 19.1 Å². The quantitative estimate of drug-likeness (QED) is 0.473. The van der Waals surface area contributed by atoms with Crippen LogP contribution in [0.25, 0.3) is 0 Å². The summed E-state index contributed by atoms with van der Waals surface area (Å²) in [7, 11) is 1.61. The second-order valence-electron chi connectivity index (χ2n) is 7.11. The molecule has 1 atom stereocenters. The van der Waals surface area contributed by atoms with Gasteiger partial charge in [-0.25, -0.2) is 0 Å². The number of amides is 1. The van der Waals surface area contributed by atoms with E-state index in [1.165, 1.54) is 6.26 Å². The number of methoxy groups -OCH3 is 1. The van der Waals surface area contributed by atoms with Gasteiger partial charge in [-0.2, -0.15) is 0 Å². The number of halogens is 2. The maximum absolute atomic E-state index is 13.1. The molecule has 0 aliphatic carbocycles. The van der Waals surface area contributed by atoms with E-state index < -0.39 is 0 Å². The van der Waals surface area contributed by atoms with Crippen LogP contribution in [-0.4, -0.2) is 36.3 Å². The van der Waals surface area contributed by atoms with Gasteiger partial charge in [0.05, 0.1) is 35.7 Å². The fraction of sp³-hybridized carbons (Fsp3) is 0.217. The third-order valence-corrected chi connectivity index (χ3v) is 5.68. The van der Waals surface area contributed by atoms with Gasteiger partial charge in [-0.15, -0.1) is 0 Å². The van der Waals surface area contributed by atoms with Crippen LogP contribution in [0.4, 0.5) is 0 Å². The van der Waals surface area contributed by atoms with Crippen molar-refractivity contribution < 1.29 is 18.8 Å². The van der Waals surface area contributed by atoms with Gasteiger partial charge in [0.2, 0.25) is 0 Å². The normalized spacial score (nSPS) is 15.3. The summed E-state index contributed by atoms with van der Waals surface area (Å²) in [5, 5.41) is 5.14. The lowest BCUT2D eigenvalue weighted by molar-refractivity contribution is 0.0387. The highest BCUT2D eigenvalue weighted by atomic mass is 35.5. The van der Waals surface area contributed by atoms with E-state index in [1.807, 2.05) is 30.3 Å². The lowest BCUT2D eigenvalue weighted by Gasteiger charge is -2.24. The van der Waals surface area contributed by atoms with Gasteiger partial charge in [-0.3, -0.25) is 4.79 Å². The molecule has 0 saturated carbocycles. The summed E-state index contributed by atoms with van der Waals surface area (Å²) < 4.78 is 10.6. The predicted octanol–water partition coefficient (Wildman–Crippen LogP) is 5.43. The van der Waals surface area contributed by atoms with Crippen molar-refractivity contribution >= 4 is 34.8 Å². The summed E-state index contributed by atoms with van der Waals surface area (Å²) in [6.45, 7) is 0.712. The maximum atomic E-state index is 13.1. The van der Waals surface area contributed by atoms with E-state index in [-0.39, 0.29) is 17.8 Å². The van der Waals surface area contributed by atoms with Crippen LogP contribution in [0.15, 0.2) is 70.4 Å². The number of benzene rings is 2. The zero-order valence-electron chi connectivity index (χ0n) is 16.8. The zero-order chi connectivity index (χ0) is 21.8. The van der Waals surface area contributed by atoms with Gasteiger partial charge in [0, 0.05) is 18.5 Å². The molecule has 0 N–H and O–H groups in total. The predicted molar refractivity (Wildman–Crippen MR) is 119 cm³/mol. The first-order valence-corrected chi connectivity index (χ1v) is 10.4. The van der Waals surface area contributed by atoms with Crippen molar-refractivity contribution in [1.82, 2.24) is 4.90 Å². The third kappa shape index (κ3) is 5.03. The van der Waals surface area contributed by atoms with Crippen LogP contribution < -0.4 is 4.74 Å². The fourth-order valence-corrected chi connectivity index (χ4v) is 3.68. The molecule has 0 spiro atoms. The molecular formula is C23H20Cl2N2O4. The van der Waals surface area contributed by atoms with Gasteiger partial charge in [0.25, 0.3) is 5.91 Å². The molecule has 1 aliphatic rings. The summed E-state index contributed by atoms with van der Waals surface area (Å²) in [4.78, 5) is 20.4. The van der Waals surface area contributed by atoms with E-state index in [0.29, 0.717) is 29.6 Å². The first-order chi connectivity index (χ1) is 15.0. The van der Waals surface area contributed by atoms with Crippen LogP contribution in [0.2, 0.25) is 10.0 Å². The zero-order valence-corrected chi connectivity index (χ0v) is 18.3. The number of hydrogen-bond acceptors (Lipinski definition) is 5. The third-order valence-electron chi connectivity index (χ3n) is 4.94. The first-order valence-electron chi connectivity index (χ1n) is 9.67. The molecule has 31 heavy (non-hydrogen) atoms. The SMILES string of the molecule is COc1cccc(CN(C[C@@H]2CC(c3ccc(Cl)c(Cl)c3)=NO2)C(=O)c2ccco2)c1. The summed E-state index contributed by atoms with van der Waals surface area (Å²) in [5.74, 6) is 0.774. The molecule has 3 aromatic rings. The molecule has 1 amide bonds. The highest BCUT2D eigenvalue weighted by Crippen LogP contribution is 2.26. The summed E-state index contributed by atoms with van der Waals surface area (Å²) in [6, 6.07) is 16.3. The van der Waals surface area contributed by atoms with Crippen molar-refractivity contribution in [3.05, 3.63) is 87.8 Å². The molecule has 160 valence electrons. The molecule has 0 unspecified atom stereocenters. The molecule has 0 bridgehead atoms. The Morgan fingerprint density at radius 1 is 1.16 bits per heavy atom. The Morgan fingerprint density at radius 2 is 2.03 bits per heavy atom. The van der Waals surface area contributed by atoms with E-state index in [2.05, 4.69) is 5.16 Å². The number of oxime groups is 1. The van der Waals surface area contributed by atoms with Crippen LogP contribution in [0, 0.1) is 0 Å². The van der Waals surface area contributed by atoms with Crippen molar-refractivity contribution in [1.29, 1.82) is 0 Å². The number of ether oxygens (including phenoxy) is 1. The number of hydrogen-bond donors (Lipinski definition) is 0. The van der Waals surface area contributed by atoms with Crippen molar-refractivity contribution in [2.75, 3.05) is 13.7 Å². The van der Waals surface area contributed by atoms with Gasteiger partial charge in [-0.05, 0) is 42.0 Å². The standard InChI is InChI=1S/C23H20Cl2N2O4/c1-29-17-5-2-4-15(10-17)13-27(23(28)22-6-3-9-30-22)14-18-12-21(26-31-18)16-7-8-19(24)20(25)11-16/h2-11,18H,12-14H2,1H3/t18-/m0/s1. The van der Waals surface area contributed by atoms with Crippen molar-refractivity contribution in [2.24, 2.45) is 5.16 Å². The Hall–Kier alpha value is -2.96. The Kier molecular flexibility index (Phi) is 6.49. The second kappa shape index (κ2) is 9.45. The number of carbonyl (C=O) groups excluding carboxylic acids is 1. The van der Waals surface area contributed by atoms with E-state index >= 15 is 0 Å². The van der Waals surface area contributed by atoms with Crippen LogP contribution in [0.1, 0.15) is 28.1 Å². The Morgan fingerprint density at radius 3 is 2.77 bits per heavy atom. The second-order valence-corrected chi connectivity index (χ2v) is 7.93. The molecule has 1 aliphatic heterocycles. The summed E-state index contributed by atoms with van der Waals surface area (Å²) in [6.07, 6.45) is 1.72. The largest absolute Gasteiger partial charge is 0.497 e. The Bertz CT molecular complexity index is 1100. The minimum atomic E-state index is -0.297. The molecule has 2 aromatic carbocycles. The number of rotatable bonds is 7. The van der Waals surface area contributed by atoms with Gasteiger partial charge < -0.3 is 18.9 Å². The smallest absolute Gasteiger partial charge is 0.289 e. The molecule has 1 aromatic heterocycles. The van der Waals surface area contributed by atoms with E-state index in [1.54, 1.807) is 36.3 Å². The number of nitrogens with zero attached hydrogens (tertiary/aromatic N) is 2. The highest BCUT2D eigenvalue weighted by molar-refractivity contribution is 6.42. The fourth-order valence-electron chi connectivity index (χ4n) is 3.38. The maximum Gasteiger partial charge on any atom is 0.289 e. The van der Waals surface area contributed by atoms with Crippen molar-refractivity contribution in [3.63, 3.8) is 0 Å². The van der Waals surface area contributed by atoms with Crippen molar-refractivity contribution in [3.8, 4) is 5.75 Å². The number of furan rings is 1. The minimum Gasteiger partial charge on any atom is -0.497 e. The van der Waals surface area contributed by atoms with Gasteiger partial charge in [0.15, 0.2) is 11.9 Å². The van der Waals surface area contributed by atoms with Gasteiger partial charge in [-0.1, -0.05) is 46.6 Å². The lowest BCUT2D eigenvalue weighted by atomic mass is 10.0. The average Bonchev–Trinajstić information content (AvgIpc) is 3.47. The first kappa shape index (κ1) is 21.3. The highest BCUT2D eigenvalue weighted by Gasteiger charge is 2.28. The monoisotopic (exact) mass is 458 g/mol. The van der Waals surface area contributed by atoms with Crippen LogP contribution in [-0.2, 0) is 11.4 Å². The molecular weight excluding hydrogens is 439 g/mol. The molecule has 0 fully saturated rings. The Labute approximate surface area is 189 Å². The minimum absolute atomic E-state index is 0.223. The van der Waals surface area contributed by atoms with Gasteiger partial charge >= 0.3 is 0 Å². The molecule has 8 heteroatoms. The van der Waals surface area contributed by atoms with Crippen LogP contribution >= 0.6 is 23.2 Å². The van der Waals surface area contributed by atoms with Crippen LogP contribution in [0.3, 0.4) is 0 Å². The molecule has 4 rings (SSSR count). The van der Waals surface area contributed by atoms with Gasteiger partial charge in [0.1, 0.15) is 5.75 Å². The molecule has 0 radical (unpaired) electrons. The summed E-state index contributed by atoms with van der Waals surface area (Å²) >= 11 is 12.1. The number of carbonyl (C=O) groups is 1. The topological polar surface area (TPSA) is 64.3 Å². The molecule has 6 nitrogen and oxygen atoms in total. The Balaban J connectivity index is 1.49. The van der Waals surface area contributed by atoms with Crippen LogP contribution in [0.5, 0.6) is 5.75 Å². The van der Waals surface area contributed by atoms with E-state index in [9.17, 15) is 4.79 Å². The lowest BCUT2D eigenvalue weighted by Crippen LogP contribution is -2.37.